The Hall–Kier alpha value is -1.16. The van der Waals surface area contributed by atoms with Crippen LogP contribution in [0.4, 0.5) is 0 Å². The number of hydrogen-bond donors (Lipinski definition) is 0. The number of alkyl halides is 1. The van der Waals surface area contributed by atoms with E-state index in [2.05, 4.69) is 20.9 Å². The van der Waals surface area contributed by atoms with E-state index in [1.54, 1.807) is 4.57 Å². The number of halogens is 1. The minimum Gasteiger partial charge on any atom is -0.295 e. The predicted molar refractivity (Wildman–Crippen MR) is 54.9 cm³/mol. The molecule has 0 radical (unpaired) electrons. The quantitative estimate of drug-likeness (QED) is 0.710. The van der Waals surface area contributed by atoms with E-state index in [1.165, 1.54) is 6.20 Å². The summed E-state index contributed by atoms with van der Waals surface area (Å²) >= 11 is 3.26. The molecule has 2 aromatic rings. The lowest BCUT2D eigenvalue weighted by Gasteiger charge is -2.04. The van der Waals surface area contributed by atoms with E-state index >= 15 is 0 Å². The Morgan fingerprint density at radius 2 is 2.15 bits per heavy atom. The number of hydrogen-bond acceptors (Lipinski definition) is 2. The lowest BCUT2D eigenvalue weighted by molar-refractivity contribution is 0.881. The average Bonchev–Trinajstić information content (AvgIpc) is 2.18. The average molecular weight is 239 g/mol. The molecule has 4 heteroatoms. The molecule has 0 unspecified atom stereocenters. The highest BCUT2D eigenvalue weighted by molar-refractivity contribution is 9.08. The molecule has 0 fully saturated rings. The fourth-order valence-corrected chi connectivity index (χ4v) is 1.76. The summed E-state index contributed by atoms with van der Waals surface area (Å²) in [5.41, 5.74) is 2.10. The molecule has 0 atom stereocenters. The fourth-order valence-electron chi connectivity index (χ4n) is 1.24. The van der Waals surface area contributed by atoms with E-state index in [-0.39, 0.29) is 5.56 Å². The molecular weight excluding hydrogens is 232 g/mol. The highest BCUT2D eigenvalue weighted by atomic mass is 79.9. The maximum atomic E-state index is 11.3. The Balaban J connectivity index is 2.92. The Kier molecular flexibility index (Phi) is 2.14. The maximum Gasteiger partial charge on any atom is 0.270 e. The van der Waals surface area contributed by atoms with Crippen LogP contribution < -0.4 is 5.56 Å². The van der Waals surface area contributed by atoms with Gasteiger partial charge < -0.3 is 0 Å². The molecule has 0 aliphatic carbocycles. The summed E-state index contributed by atoms with van der Waals surface area (Å²) in [6.45, 7) is 0. The van der Waals surface area contributed by atoms with Crippen LogP contribution in [0.3, 0.4) is 0 Å². The molecule has 0 spiro atoms. The van der Waals surface area contributed by atoms with E-state index in [4.69, 9.17) is 0 Å². The third-order valence-corrected chi connectivity index (χ3v) is 2.37. The third-order valence-electron chi connectivity index (χ3n) is 1.87. The molecule has 13 heavy (non-hydrogen) atoms. The first-order valence-electron chi connectivity index (χ1n) is 3.83. The first kappa shape index (κ1) is 8.44. The van der Waals surface area contributed by atoms with Gasteiger partial charge in [-0.25, -0.2) is 4.98 Å². The molecule has 1 aromatic carbocycles. The van der Waals surface area contributed by atoms with E-state index in [1.807, 2.05) is 24.3 Å². The van der Waals surface area contributed by atoms with Crippen molar-refractivity contribution in [1.29, 1.82) is 0 Å². The van der Waals surface area contributed by atoms with E-state index in [0.29, 0.717) is 5.45 Å². The van der Waals surface area contributed by atoms with Crippen LogP contribution in [-0.2, 0) is 5.45 Å². The zero-order valence-corrected chi connectivity index (χ0v) is 8.36. The van der Waals surface area contributed by atoms with Crippen molar-refractivity contribution in [1.82, 2.24) is 9.55 Å². The van der Waals surface area contributed by atoms with Crippen molar-refractivity contribution >= 4 is 27.0 Å². The summed E-state index contributed by atoms with van der Waals surface area (Å²) in [5, 5.41) is 0. The van der Waals surface area contributed by atoms with Gasteiger partial charge in [0, 0.05) is 0 Å². The summed E-state index contributed by atoms with van der Waals surface area (Å²) in [5.74, 6) is 0. The van der Waals surface area contributed by atoms with Crippen molar-refractivity contribution in [3.63, 3.8) is 0 Å². The van der Waals surface area contributed by atoms with Gasteiger partial charge in [0.15, 0.2) is 0 Å². The minimum absolute atomic E-state index is 0.0874. The van der Waals surface area contributed by atoms with Crippen molar-refractivity contribution in [2.75, 3.05) is 0 Å². The summed E-state index contributed by atoms with van der Waals surface area (Å²) in [7, 11) is 0. The number of aromatic nitrogens is 2. The van der Waals surface area contributed by atoms with Crippen molar-refractivity contribution in [2.45, 2.75) is 5.45 Å². The molecule has 0 N–H and O–H groups in total. The van der Waals surface area contributed by atoms with Gasteiger partial charge in [0.1, 0.15) is 0 Å². The van der Waals surface area contributed by atoms with E-state index < -0.39 is 0 Å². The number of rotatable bonds is 1. The first-order chi connectivity index (χ1) is 6.33. The summed E-state index contributed by atoms with van der Waals surface area (Å²) in [6, 6.07) is 7.56. The second-order valence-electron chi connectivity index (χ2n) is 2.63. The summed E-state index contributed by atoms with van der Waals surface area (Å²) < 4.78 is 1.63. The van der Waals surface area contributed by atoms with Crippen molar-refractivity contribution < 1.29 is 0 Å². The molecule has 0 saturated carbocycles. The molecule has 0 amide bonds. The summed E-state index contributed by atoms with van der Waals surface area (Å²) in [4.78, 5) is 15.4. The van der Waals surface area contributed by atoms with Crippen molar-refractivity contribution in [3.05, 3.63) is 40.8 Å². The van der Waals surface area contributed by atoms with Gasteiger partial charge in [-0.3, -0.25) is 9.36 Å². The van der Waals surface area contributed by atoms with Gasteiger partial charge in [0.2, 0.25) is 0 Å². The van der Waals surface area contributed by atoms with Crippen LogP contribution in [0.15, 0.2) is 35.3 Å². The largest absolute Gasteiger partial charge is 0.295 e. The monoisotopic (exact) mass is 238 g/mol. The van der Waals surface area contributed by atoms with Crippen LogP contribution in [0.5, 0.6) is 0 Å². The van der Waals surface area contributed by atoms with Gasteiger partial charge >= 0.3 is 0 Å². The molecule has 0 saturated heterocycles. The highest BCUT2D eigenvalue weighted by Crippen LogP contribution is 2.08. The van der Waals surface area contributed by atoms with Gasteiger partial charge in [0.25, 0.3) is 5.56 Å². The zero-order valence-electron chi connectivity index (χ0n) is 6.77. The Morgan fingerprint density at radius 1 is 1.38 bits per heavy atom. The summed E-state index contributed by atoms with van der Waals surface area (Å²) in [6.07, 6.45) is 1.34. The van der Waals surface area contributed by atoms with Crippen LogP contribution in [0, 0.1) is 0 Å². The standard InChI is InChI=1S/C9H7BrN2O/c10-6-12-8-4-2-1-3-7(8)11-5-9(12)13/h1-5H,6H2. The predicted octanol–water partition coefficient (Wildman–Crippen LogP) is 1.75. The smallest absolute Gasteiger partial charge is 0.270 e. The second-order valence-corrected chi connectivity index (χ2v) is 3.13. The van der Waals surface area contributed by atoms with Gasteiger partial charge in [-0.15, -0.1) is 0 Å². The zero-order chi connectivity index (χ0) is 9.26. The van der Waals surface area contributed by atoms with Crippen LogP contribution in [-0.4, -0.2) is 9.55 Å². The van der Waals surface area contributed by atoms with Gasteiger partial charge in [-0.05, 0) is 12.1 Å². The van der Waals surface area contributed by atoms with Crippen molar-refractivity contribution in [2.24, 2.45) is 0 Å². The molecule has 1 aromatic heterocycles. The van der Waals surface area contributed by atoms with Crippen LogP contribution >= 0.6 is 15.9 Å². The number of nitrogens with zero attached hydrogens (tertiary/aromatic N) is 2. The third kappa shape index (κ3) is 1.37. The lowest BCUT2D eigenvalue weighted by Crippen LogP contribution is -2.18. The lowest BCUT2D eigenvalue weighted by atomic mass is 10.3. The molecule has 3 nitrogen and oxygen atoms in total. The number of para-hydroxylation sites is 2. The molecule has 0 aliphatic heterocycles. The van der Waals surface area contributed by atoms with Gasteiger partial charge in [-0.2, -0.15) is 0 Å². The SMILES string of the molecule is O=c1cnc2ccccc2n1CBr. The molecule has 1 heterocycles. The van der Waals surface area contributed by atoms with E-state index in [0.717, 1.165) is 11.0 Å². The molecular formula is C9H7BrN2O. The maximum absolute atomic E-state index is 11.3. The van der Waals surface area contributed by atoms with Crippen molar-refractivity contribution in [3.8, 4) is 0 Å². The molecule has 0 aliphatic rings. The minimum atomic E-state index is -0.0874. The Morgan fingerprint density at radius 3 is 2.92 bits per heavy atom. The topological polar surface area (TPSA) is 34.9 Å². The van der Waals surface area contributed by atoms with E-state index in [9.17, 15) is 4.79 Å². The Labute approximate surface area is 83.2 Å². The Bertz CT molecular complexity index is 492. The molecule has 0 bridgehead atoms. The number of fused-ring (bicyclic) bond motifs is 1. The molecule has 66 valence electrons. The van der Waals surface area contributed by atoms with Crippen LogP contribution in [0.25, 0.3) is 11.0 Å². The van der Waals surface area contributed by atoms with Gasteiger partial charge in [-0.1, -0.05) is 28.1 Å². The highest BCUT2D eigenvalue weighted by Gasteiger charge is 2.00. The van der Waals surface area contributed by atoms with Crippen LogP contribution in [0.2, 0.25) is 0 Å². The van der Waals surface area contributed by atoms with Gasteiger partial charge in [0.05, 0.1) is 22.7 Å². The fraction of sp³-hybridized carbons (Fsp3) is 0.111. The normalized spacial score (nSPS) is 10.5. The van der Waals surface area contributed by atoms with Crippen LogP contribution in [0.1, 0.15) is 0 Å². The first-order valence-corrected chi connectivity index (χ1v) is 4.95. The number of benzene rings is 1. The second kappa shape index (κ2) is 3.30. The molecule has 2 rings (SSSR count).